The van der Waals surface area contributed by atoms with Gasteiger partial charge in [-0.25, -0.2) is 0 Å². The van der Waals surface area contributed by atoms with Crippen LogP contribution in [0.2, 0.25) is 0 Å². The molecule has 0 fully saturated rings. The topological polar surface area (TPSA) is 32.3 Å². The van der Waals surface area contributed by atoms with Gasteiger partial charge in [0.15, 0.2) is 0 Å². The molecule has 1 aromatic carbocycles. The zero-order valence-electron chi connectivity index (χ0n) is 10.0. The number of rotatable bonds is 4. The maximum absolute atomic E-state index is 9.31. The maximum atomic E-state index is 9.31. The van der Waals surface area contributed by atoms with Crippen LogP contribution in [0.25, 0.3) is 0 Å². The minimum atomic E-state index is 0.329. The lowest BCUT2D eigenvalue weighted by molar-refractivity contribution is 0.474. The lowest BCUT2D eigenvalue weighted by Crippen LogP contribution is -2.24. The molecule has 1 atom stereocenters. The van der Waals surface area contributed by atoms with Crippen molar-refractivity contribution >= 4 is 5.69 Å². The summed E-state index contributed by atoms with van der Waals surface area (Å²) in [6, 6.07) is 5.95. The van der Waals surface area contributed by atoms with Crippen molar-refractivity contribution in [3.05, 3.63) is 23.8 Å². The van der Waals surface area contributed by atoms with E-state index in [1.807, 2.05) is 13.0 Å². The highest BCUT2D eigenvalue weighted by Crippen LogP contribution is 2.22. The largest absolute Gasteiger partial charge is 0.508 e. The van der Waals surface area contributed by atoms with Crippen molar-refractivity contribution in [3.63, 3.8) is 0 Å². The van der Waals surface area contributed by atoms with E-state index < -0.39 is 0 Å². The molecular formula is C13H21NO. The highest BCUT2D eigenvalue weighted by atomic mass is 16.3. The van der Waals surface area contributed by atoms with E-state index in [2.05, 4.69) is 26.1 Å². The molecule has 0 saturated heterocycles. The average Bonchev–Trinajstić information content (AvgIpc) is 2.16. The molecular weight excluding hydrogens is 186 g/mol. The van der Waals surface area contributed by atoms with E-state index in [1.54, 1.807) is 12.1 Å². The number of aryl methyl sites for hydroxylation is 1. The third-order valence-electron chi connectivity index (χ3n) is 2.80. The monoisotopic (exact) mass is 207 g/mol. The number of nitrogens with one attached hydrogen (secondary N) is 1. The molecule has 0 spiro atoms. The predicted octanol–water partition coefficient (Wildman–Crippen LogP) is 3.55. The summed E-state index contributed by atoms with van der Waals surface area (Å²) in [5.74, 6) is 0.943. The van der Waals surface area contributed by atoms with E-state index >= 15 is 0 Å². The van der Waals surface area contributed by atoms with Crippen LogP contribution in [-0.4, -0.2) is 11.1 Å². The first-order valence-electron chi connectivity index (χ1n) is 5.60. The minimum Gasteiger partial charge on any atom is -0.508 e. The fraction of sp³-hybridized carbons (Fsp3) is 0.538. The summed E-state index contributed by atoms with van der Waals surface area (Å²) < 4.78 is 0. The van der Waals surface area contributed by atoms with Gasteiger partial charge in [-0.2, -0.15) is 0 Å². The van der Waals surface area contributed by atoms with Gasteiger partial charge >= 0.3 is 0 Å². The second kappa shape index (κ2) is 5.06. The van der Waals surface area contributed by atoms with Gasteiger partial charge in [0.1, 0.15) is 5.75 Å². The van der Waals surface area contributed by atoms with Crippen LogP contribution >= 0.6 is 0 Å². The predicted molar refractivity (Wildman–Crippen MR) is 65.4 cm³/mol. The number of hydrogen-bond acceptors (Lipinski definition) is 2. The normalized spacial score (nSPS) is 12.9. The van der Waals surface area contributed by atoms with Gasteiger partial charge < -0.3 is 10.4 Å². The van der Waals surface area contributed by atoms with E-state index in [-0.39, 0.29) is 0 Å². The van der Waals surface area contributed by atoms with Crippen LogP contribution in [-0.2, 0) is 0 Å². The zero-order valence-corrected chi connectivity index (χ0v) is 10.0. The number of phenols is 1. The summed E-state index contributed by atoms with van der Waals surface area (Å²) in [4.78, 5) is 0. The van der Waals surface area contributed by atoms with E-state index in [4.69, 9.17) is 0 Å². The van der Waals surface area contributed by atoms with Gasteiger partial charge in [0.2, 0.25) is 0 Å². The van der Waals surface area contributed by atoms with Gasteiger partial charge in [-0.05, 0) is 43.0 Å². The lowest BCUT2D eigenvalue weighted by atomic mass is 10.0. The van der Waals surface area contributed by atoms with Crippen molar-refractivity contribution in [2.24, 2.45) is 5.92 Å². The Kier molecular flexibility index (Phi) is 4.01. The van der Waals surface area contributed by atoms with Crippen molar-refractivity contribution in [1.29, 1.82) is 0 Å². The molecule has 0 aromatic heterocycles. The number of hydrogen-bond donors (Lipinski definition) is 2. The first-order chi connectivity index (χ1) is 7.04. The van der Waals surface area contributed by atoms with E-state index in [0.717, 1.165) is 17.7 Å². The molecule has 0 amide bonds. The number of phenolic OH excluding ortho intramolecular Hbond substituents is 1. The third-order valence-corrected chi connectivity index (χ3v) is 2.80. The molecule has 15 heavy (non-hydrogen) atoms. The Labute approximate surface area is 92.3 Å². The van der Waals surface area contributed by atoms with Gasteiger partial charge in [-0.1, -0.05) is 20.8 Å². The van der Waals surface area contributed by atoms with Gasteiger partial charge in [-0.3, -0.25) is 0 Å². The molecule has 0 bridgehead atoms. The van der Waals surface area contributed by atoms with E-state index in [1.165, 1.54) is 0 Å². The molecule has 0 radical (unpaired) electrons. The van der Waals surface area contributed by atoms with Crippen LogP contribution in [0.1, 0.15) is 32.8 Å². The maximum Gasteiger partial charge on any atom is 0.115 e. The molecule has 0 aliphatic rings. The summed E-state index contributed by atoms with van der Waals surface area (Å²) in [5, 5.41) is 12.8. The van der Waals surface area contributed by atoms with Crippen LogP contribution in [0.15, 0.2) is 18.2 Å². The fourth-order valence-corrected chi connectivity index (χ4v) is 1.75. The molecule has 2 nitrogen and oxygen atoms in total. The molecule has 0 aliphatic carbocycles. The standard InChI is InChI=1S/C13H21NO/c1-5-12(9(2)3)14-13-7-6-11(15)8-10(13)4/h6-9,12,14-15H,5H2,1-4H3. The second-order valence-electron chi connectivity index (χ2n) is 4.40. The fourth-order valence-electron chi connectivity index (χ4n) is 1.75. The van der Waals surface area contributed by atoms with Gasteiger partial charge in [0, 0.05) is 11.7 Å². The zero-order chi connectivity index (χ0) is 11.4. The Hall–Kier alpha value is -1.18. The van der Waals surface area contributed by atoms with Gasteiger partial charge in [0.05, 0.1) is 0 Å². The highest BCUT2D eigenvalue weighted by molar-refractivity contribution is 5.53. The van der Waals surface area contributed by atoms with Crippen LogP contribution in [0, 0.1) is 12.8 Å². The third kappa shape index (κ3) is 3.15. The highest BCUT2D eigenvalue weighted by Gasteiger charge is 2.11. The Morgan fingerprint density at radius 1 is 1.33 bits per heavy atom. The molecule has 0 heterocycles. The Bertz CT molecular complexity index is 320. The molecule has 0 aliphatic heterocycles. The Morgan fingerprint density at radius 3 is 2.47 bits per heavy atom. The molecule has 1 rings (SSSR count). The first kappa shape index (κ1) is 11.9. The first-order valence-corrected chi connectivity index (χ1v) is 5.60. The van der Waals surface area contributed by atoms with Gasteiger partial charge in [-0.15, -0.1) is 0 Å². The SMILES string of the molecule is CCC(Nc1ccc(O)cc1C)C(C)C. The number of anilines is 1. The van der Waals surface area contributed by atoms with Gasteiger partial charge in [0.25, 0.3) is 0 Å². The number of aromatic hydroxyl groups is 1. The van der Waals surface area contributed by atoms with Crippen molar-refractivity contribution in [2.75, 3.05) is 5.32 Å². The summed E-state index contributed by atoms with van der Waals surface area (Å²) in [5.41, 5.74) is 2.21. The van der Waals surface area contributed by atoms with Crippen molar-refractivity contribution < 1.29 is 5.11 Å². The number of benzene rings is 1. The summed E-state index contributed by atoms with van der Waals surface area (Å²) in [7, 11) is 0. The molecule has 2 N–H and O–H groups in total. The molecule has 2 heteroatoms. The Morgan fingerprint density at radius 2 is 2.00 bits per heavy atom. The van der Waals surface area contributed by atoms with Crippen LogP contribution < -0.4 is 5.32 Å². The molecule has 1 aromatic rings. The van der Waals surface area contributed by atoms with Crippen LogP contribution in [0.4, 0.5) is 5.69 Å². The molecule has 84 valence electrons. The Balaban J connectivity index is 2.79. The van der Waals surface area contributed by atoms with Crippen molar-refractivity contribution in [1.82, 2.24) is 0 Å². The minimum absolute atomic E-state index is 0.329. The van der Waals surface area contributed by atoms with E-state index in [0.29, 0.717) is 17.7 Å². The smallest absolute Gasteiger partial charge is 0.115 e. The lowest BCUT2D eigenvalue weighted by Gasteiger charge is -2.23. The van der Waals surface area contributed by atoms with Crippen molar-refractivity contribution in [2.45, 2.75) is 40.2 Å². The summed E-state index contributed by atoms with van der Waals surface area (Å²) in [6.07, 6.45) is 1.11. The summed E-state index contributed by atoms with van der Waals surface area (Å²) in [6.45, 7) is 8.64. The second-order valence-corrected chi connectivity index (χ2v) is 4.40. The molecule has 0 saturated carbocycles. The average molecular weight is 207 g/mol. The summed E-state index contributed by atoms with van der Waals surface area (Å²) >= 11 is 0. The molecule has 1 unspecified atom stereocenters. The van der Waals surface area contributed by atoms with E-state index in [9.17, 15) is 5.11 Å². The quantitative estimate of drug-likeness (QED) is 0.740. The van der Waals surface area contributed by atoms with Crippen LogP contribution in [0.3, 0.4) is 0 Å². The van der Waals surface area contributed by atoms with Crippen LogP contribution in [0.5, 0.6) is 5.75 Å². The van der Waals surface area contributed by atoms with Crippen molar-refractivity contribution in [3.8, 4) is 5.75 Å².